The van der Waals surface area contributed by atoms with Gasteiger partial charge in [0.25, 0.3) is 11.5 Å². The molecular weight excluding hydrogens is 378 g/mol. The molecule has 9 heteroatoms. The van der Waals surface area contributed by atoms with Crippen LogP contribution in [-0.2, 0) is 0 Å². The molecule has 8 nitrogen and oxygen atoms in total. The maximum atomic E-state index is 13.0. The highest BCUT2D eigenvalue weighted by atomic mass is 35.5. The Labute approximate surface area is 163 Å². The molecule has 0 amide bonds. The van der Waals surface area contributed by atoms with Gasteiger partial charge in [-0.1, -0.05) is 23.7 Å². The fourth-order valence-corrected chi connectivity index (χ4v) is 3.45. The number of pyridine rings is 1. The van der Waals surface area contributed by atoms with Crippen LogP contribution in [0.1, 0.15) is 11.5 Å². The highest BCUT2D eigenvalue weighted by molar-refractivity contribution is 6.30. The molecule has 1 aromatic carbocycles. The second-order valence-corrected chi connectivity index (χ2v) is 6.91. The van der Waals surface area contributed by atoms with Gasteiger partial charge in [-0.05, 0) is 37.6 Å². The lowest BCUT2D eigenvalue weighted by atomic mass is 10.1. The average Bonchev–Trinajstić information content (AvgIpc) is 3.25. The minimum absolute atomic E-state index is 0.257. The normalized spacial score (nSPS) is 11.5. The Kier molecular flexibility index (Phi) is 3.56. The summed E-state index contributed by atoms with van der Waals surface area (Å²) >= 11 is 6.01. The Morgan fingerprint density at radius 2 is 1.89 bits per heavy atom. The van der Waals surface area contributed by atoms with E-state index in [0.717, 1.165) is 16.8 Å². The van der Waals surface area contributed by atoms with Crippen LogP contribution in [0, 0.1) is 13.8 Å². The molecule has 0 aliphatic rings. The van der Waals surface area contributed by atoms with Crippen molar-refractivity contribution in [3.63, 3.8) is 0 Å². The van der Waals surface area contributed by atoms with E-state index in [-0.39, 0.29) is 5.56 Å². The van der Waals surface area contributed by atoms with E-state index in [4.69, 9.17) is 11.6 Å². The van der Waals surface area contributed by atoms with Gasteiger partial charge in [-0.3, -0.25) is 9.89 Å². The van der Waals surface area contributed by atoms with Crippen molar-refractivity contribution in [2.45, 2.75) is 13.8 Å². The van der Waals surface area contributed by atoms with Crippen LogP contribution in [0.2, 0.25) is 5.02 Å². The third-order valence-electron chi connectivity index (χ3n) is 4.62. The van der Waals surface area contributed by atoms with Gasteiger partial charge in [-0.2, -0.15) is 10.1 Å². The van der Waals surface area contributed by atoms with Crippen molar-refractivity contribution in [3.05, 3.63) is 69.6 Å². The van der Waals surface area contributed by atoms with Gasteiger partial charge >= 0.3 is 0 Å². The molecule has 4 aromatic heterocycles. The molecule has 5 aromatic rings. The molecule has 0 bridgehead atoms. The number of rotatable bonds is 2. The summed E-state index contributed by atoms with van der Waals surface area (Å²) in [6.45, 7) is 3.70. The summed E-state index contributed by atoms with van der Waals surface area (Å²) in [6, 6.07) is 9.34. The summed E-state index contributed by atoms with van der Waals surface area (Å²) in [4.78, 5) is 21.7. The van der Waals surface area contributed by atoms with Crippen molar-refractivity contribution in [1.82, 2.24) is 34.3 Å². The maximum absolute atomic E-state index is 13.0. The van der Waals surface area contributed by atoms with Crippen LogP contribution >= 0.6 is 11.6 Å². The number of aromatic nitrogens is 7. The topological polar surface area (TPSA) is 93.8 Å². The van der Waals surface area contributed by atoms with Crippen LogP contribution in [0.25, 0.3) is 33.6 Å². The van der Waals surface area contributed by atoms with Crippen LogP contribution in [0.15, 0.2) is 47.5 Å². The Bertz CT molecular complexity index is 1410. The van der Waals surface area contributed by atoms with E-state index in [1.807, 2.05) is 37.3 Å². The van der Waals surface area contributed by atoms with Gasteiger partial charge in [0.1, 0.15) is 5.82 Å². The van der Waals surface area contributed by atoms with Gasteiger partial charge in [0.15, 0.2) is 5.65 Å². The summed E-state index contributed by atoms with van der Waals surface area (Å²) in [6.07, 6.45) is 3.22. The second kappa shape index (κ2) is 6.00. The van der Waals surface area contributed by atoms with Crippen LogP contribution in [-0.4, -0.2) is 34.3 Å². The highest BCUT2D eigenvalue weighted by Crippen LogP contribution is 2.29. The molecule has 28 heavy (non-hydrogen) atoms. The number of nitrogens with one attached hydrogen (secondary N) is 1. The summed E-state index contributed by atoms with van der Waals surface area (Å²) in [5, 5.41) is 12.5. The van der Waals surface area contributed by atoms with E-state index in [9.17, 15) is 4.79 Å². The van der Waals surface area contributed by atoms with Crippen LogP contribution in [0.4, 0.5) is 0 Å². The zero-order valence-corrected chi connectivity index (χ0v) is 15.8. The van der Waals surface area contributed by atoms with Gasteiger partial charge in [0.2, 0.25) is 0 Å². The molecule has 4 heterocycles. The second-order valence-electron chi connectivity index (χ2n) is 6.47. The first-order chi connectivity index (χ1) is 13.5. The quantitative estimate of drug-likeness (QED) is 0.499. The third-order valence-corrected chi connectivity index (χ3v) is 4.87. The molecule has 138 valence electrons. The van der Waals surface area contributed by atoms with Crippen molar-refractivity contribution in [2.75, 3.05) is 0 Å². The van der Waals surface area contributed by atoms with Crippen molar-refractivity contribution >= 4 is 28.2 Å². The lowest BCUT2D eigenvalue weighted by Crippen LogP contribution is -2.20. The molecule has 0 radical (unpaired) electrons. The molecule has 0 unspecified atom stereocenters. The Hall–Kier alpha value is -3.52. The molecule has 0 saturated heterocycles. The van der Waals surface area contributed by atoms with Gasteiger partial charge < -0.3 is 0 Å². The van der Waals surface area contributed by atoms with Crippen LogP contribution < -0.4 is 5.56 Å². The number of hydrogen-bond donors (Lipinski definition) is 1. The molecule has 0 fully saturated rings. The zero-order chi connectivity index (χ0) is 19.4. The molecule has 0 saturated carbocycles. The SMILES string of the molecule is Cc1nc(-n2ccc3c(cnc4c(-c5ccc(Cl)cc5)c(C)nn43)c2=O)n[nH]1. The van der Waals surface area contributed by atoms with E-state index in [1.54, 1.807) is 23.8 Å². The summed E-state index contributed by atoms with van der Waals surface area (Å²) in [5.41, 5.74) is 3.78. The van der Waals surface area contributed by atoms with E-state index in [0.29, 0.717) is 33.3 Å². The monoisotopic (exact) mass is 391 g/mol. The summed E-state index contributed by atoms with van der Waals surface area (Å²) in [5.74, 6) is 0.925. The number of H-pyrrole nitrogens is 1. The minimum atomic E-state index is -0.257. The molecule has 1 N–H and O–H groups in total. The number of benzene rings is 1. The minimum Gasteiger partial charge on any atom is -0.268 e. The predicted molar refractivity (Wildman–Crippen MR) is 106 cm³/mol. The Balaban J connectivity index is 1.77. The number of halogens is 1. The van der Waals surface area contributed by atoms with E-state index < -0.39 is 0 Å². The third kappa shape index (κ3) is 2.42. The van der Waals surface area contributed by atoms with Crippen molar-refractivity contribution < 1.29 is 0 Å². The standard InChI is InChI=1S/C19H14ClN7O/c1-10-16(12-3-5-13(20)6-4-12)17-21-9-14-15(27(17)25-10)7-8-26(18(14)28)19-22-11(2)23-24-19/h3-9H,1-2H3,(H,22,23,24). The average molecular weight is 392 g/mol. The molecular formula is C19H14ClN7O. The van der Waals surface area contributed by atoms with E-state index in [1.165, 1.54) is 4.57 Å². The van der Waals surface area contributed by atoms with Crippen molar-refractivity contribution in [2.24, 2.45) is 0 Å². The smallest absolute Gasteiger partial charge is 0.268 e. The molecule has 0 atom stereocenters. The molecule has 0 aliphatic carbocycles. The number of nitrogens with zero attached hydrogens (tertiary/aromatic N) is 6. The van der Waals surface area contributed by atoms with Gasteiger partial charge in [0, 0.05) is 23.0 Å². The van der Waals surface area contributed by atoms with Gasteiger partial charge in [-0.25, -0.2) is 14.1 Å². The van der Waals surface area contributed by atoms with E-state index in [2.05, 4.69) is 25.3 Å². The fourth-order valence-electron chi connectivity index (χ4n) is 3.33. The first-order valence-corrected chi connectivity index (χ1v) is 8.96. The lowest BCUT2D eigenvalue weighted by molar-refractivity contribution is 0.892. The van der Waals surface area contributed by atoms with Gasteiger partial charge in [0.05, 0.1) is 16.6 Å². The first-order valence-electron chi connectivity index (χ1n) is 8.58. The Morgan fingerprint density at radius 3 is 2.61 bits per heavy atom. The van der Waals surface area contributed by atoms with E-state index >= 15 is 0 Å². The highest BCUT2D eigenvalue weighted by Gasteiger charge is 2.17. The largest absolute Gasteiger partial charge is 0.268 e. The fraction of sp³-hybridized carbons (Fsp3) is 0.105. The van der Waals surface area contributed by atoms with Crippen LogP contribution in [0.3, 0.4) is 0 Å². The molecule has 0 aliphatic heterocycles. The van der Waals surface area contributed by atoms with Gasteiger partial charge in [-0.15, -0.1) is 5.10 Å². The zero-order valence-electron chi connectivity index (χ0n) is 15.0. The number of hydrogen-bond acceptors (Lipinski definition) is 5. The first kappa shape index (κ1) is 16.6. The maximum Gasteiger partial charge on any atom is 0.268 e. The van der Waals surface area contributed by atoms with Crippen LogP contribution in [0.5, 0.6) is 0 Å². The summed E-state index contributed by atoms with van der Waals surface area (Å²) < 4.78 is 3.08. The number of aryl methyl sites for hydroxylation is 2. The molecule has 0 spiro atoms. The number of aromatic amines is 1. The predicted octanol–water partition coefficient (Wildman–Crippen LogP) is 3.09. The van der Waals surface area contributed by atoms with Crippen molar-refractivity contribution in [1.29, 1.82) is 0 Å². The Morgan fingerprint density at radius 1 is 1.11 bits per heavy atom. The number of fused-ring (bicyclic) bond motifs is 3. The lowest BCUT2D eigenvalue weighted by Gasteiger charge is -2.05. The van der Waals surface area contributed by atoms with Crippen molar-refractivity contribution in [3.8, 4) is 17.1 Å². The molecule has 5 rings (SSSR count). The summed E-state index contributed by atoms with van der Waals surface area (Å²) in [7, 11) is 0.